The summed E-state index contributed by atoms with van der Waals surface area (Å²) >= 11 is 0. The molecule has 164 valence electrons. The van der Waals surface area contributed by atoms with Crippen LogP contribution in [0.25, 0.3) is 0 Å². The lowest BCUT2D eigenvalue weighted by Gasteiger charge is -2.29. The van der Waals surface area contributed by atoms with Crippen LogP contribution in [0.4, 0.5) is 24.5 Å². The first-order chi connectivity index (χ1) is 15.2. The van der Waals surface area contributed by atoms with Crippen molar-refractivity contribution in [3.8, 4) is 0 Å². The number of halogens is 3. The normalized spacial score (nSPS) is 17.7. The van der Waals surface area contributed by atoms with Gasteiger partial charge in [-0.2, -0.15) is 18.3 Å². The number of hydrogen-bond donors (Lipinski definition) is 1. The molecule has 2 aliphatic rings. The summed E-state index contributed by atoms with van der Waals surface area (Å²) in [6.45, 7) is 2.49. The van der Waals surface area contributed by atoms with E-state index in [1.54, 1.807) is 22.8 Å². The first-order valence-corrected chi connectivity index (χ1v) is 10.0. The molecule has 1 N–H and O–H groups in total. The Balaban J connectivity index is 1.40. The highest BCUT2D eigenvalue weighted by Crippen LogP contribution is 2.34. The smallest absolute Gasteiger partial charge is 0.358 e. The van der Waals surface area contributed by atoms with Crippen LogP contribution in [0.15, 0.2) is 41.5 Å². The van der Waals surface area contributed by atoms with Gasteiger partial charge >= 0.3 is 6.18 Å². The molecule has 2 aliphatic heterocycles. The highest BCUT2D eigenvalue weighted by Gasteiger charge is 2.34. The van der Waals surface area contributed by atoms with Gasteiger partial charge in [0, 0.05) is 24.8 Å². The van der Waals surface area contributed by atoms with Gasteiger partial charge in [-0.15, -0.1) is 0 Å². The molecular formula is C22H19F3N6O. The van der Waals surface area contributed by atoms with Crippen LogP contribution in [0.3, 0.4) is 0 Å². The van der Waals surface area contributed by atoms with Crippen LogP contribution in [0, 0.1) is 6.92 Å². The van der Waals surface area contributed by atoms with Gasteiger partial charge in [0.1, 0.15) is 23.2 Å². The number of nitrogens with one attached hydrogen (secondary N) is 1. The monoisotopic (exact) mass is 440 g/mol. The Morgan fingerprint density at radius 1 is 1.19 bits per heavy atom. The molecule has 1 amide bonds. The lowest BCUT2D eigenvalue weighted by atomic mass is 10.0. The van der Waals surface area contributed by atoms with Crippen LogP contribution in [0.2, 0.25) is 0 Å². The summed E-state index contributed by atoms with van der Waals surface area (Å²) in [5.74, 6) is -0.0867. The SMILES string of the molecule is Cc1cc(C2N=Cc3nc(C(F)(F)F)ccc3N2)ccc1N1CCc2cnn(C)c2C1=O. The first-order valence-electron chi connectivity index (χ1n) is 10.0. The number of pyridine rings is 1. The number of aromatic nitrogens is 3. The van der Waals surface area contributed by atoms with Crippen molar-refractivity contribution in [2.24, 2.45) is 12.0 Å². The number of benzene rings is 1. The molecule has 10 heteroatoms. The Hall–Kier alpha value is -3.69. The van der Waals surface area contributed by atoms with E-state index in [2.05, 4.69) is 20.4 Å². The fourth-order valence-corrected chi connectivity index (χ4v) is 4.14. The summed E-state index contributed by atoms with van der Waals surface area (Å²) in [7, 11) is 1.76. The van der Waals surface area contributed by atoms with Crippen LogP contribution in [0.1, 0.15) is 44.7 Å². The van der Waals surface area contributed by atoms with E-state index in [0.717, 1.165) is 34.9 Å². The fraction of sp³-hybridized carbons (Fsp3) is 0.273. The van der Waals surface area contributed by atoms with Gasteiger partial charge in [-0.05, 0) is 42.7 Å². The average molecular weight is 440 g/mol. The van der Waals surface area contributed by atoms with Crippen molar-refractivity contribution >= 4 is 23.5 Å². The van der Waals surface area contributed by atoms with Crippen LogP contribution in [-0.2, 0) is 19.6 Å². The number of nitrogens with zero attached hydrogens (tertiary/aromatic N) is 5. The predicted molar refractivity (Wildman–Crippen MR) is 113 cm³/mol. The molecule has 0 spiro atoms. The van der Waals surface area contributed by atoms with Crippen LogP contribution in [0.5, 0.6) is 0 Å². The minimum absolute atomic E-state index is 0.0867. The van der Waals surface area contributed by atoms with E-state index in [1.165, 1.54) is 12.3 Å². The number of fused-ring (bicyclic) bond motifs is 2. The second-order valence-electron chi connectivity index (χ2n) is 7.85. The van der Waals surface area contributed by atoms with Gasteiger partial charge in [0.15, 0.2) is 0 Å². The van der Waals surface area contributed by atoms with Gasteiger partial charge in [-0.1, -0.05) is 12.1 Å². The standard InChI is InChI=1S/C22H19F3N6O/c1-12-9-13(20-26-11-16-15(29-20)4-6-18(28-16)22(23,24)25)3-5-17(12)31-8-7-14-10-27-30(2)19(14)21(31)32/h3-6,9-11,20,29H,7-8H2,1-2H3. The lowest BCUT2D eigenvalue weighted by Crippen LogP contribution is -2.39. The van der Waals surface area contributed by atoms with Gasteiger partial charge in [0.2, 0.25) is 0 Å². The van der Waals surface area contributed by atoms with Crippen molar-refractivity contribution < 1.29 is 18.0 Å². The molecule has 0 saturated carbocycles. The second-order valence-corrected chi connectivity index (χ2v) is 7.85. The van der Waals surface area contributed by atoms with Gasteiger partial charge in [-0.3, -0.25) is 14.5 Å². The number of carbonyl (C=O) groups is 1. The third-order valence-corrected chi connectivity index (χ3v) is 5.75. The van der Waals surface area contributed by atoms with Crippen molar-refractivity contribution in [2.45, 2.75) is 25.7 Å². The van der Waals surface area contributed by atoms with Gasteiger partial charge in [-0.25, -0.2) is 4.98 Å². The number of hydrogen-bond acceptors (Lipinski definition) is 5. The Morgan fingerprint density at radius 3 is 2.75 bits per heavy atom. The largest absolute Gasteiger partial charge is 0.433 e. The molecule has 3 aromatic rings. The molecule has 4 heterocycles. The van der Waals surface area contributed by atoms with Gasteiger partial charge in [0.05, 0.1) is 18.1 Å². The quantitative estimate of drug-likeness (QED) is 0.656. The number of anilines is 2. The minimum Gasteiger partial charge on any atom is -0.358 e. The highest BCUT2D eigenvalue weighted by atomic mass is 19.4. The summed E-state index contributed by atoms with van der Waals surface area (Å²) in [6.07, 6.45) is -1.15. The topological polar surface area (TPSA) is 75.4 Å². The van der Waals surface area contributed by atoms with E-state index in [-0.39, 0.29) is 11.6 Å². The van der Waals surface area contributed by atoms with E-state index in [1.807, 2.05) is 25.1 Å². The molecule has 5 rings (SSSR count). The maximum atomic E-state index is 13.0. The highest BCUT2D eigenvalue weighted by molar-refractivity contribution is 6.07. The summed E-state index contributed by atoms with van der Waals surface area (Å²) in [5, 5.41) is 7.31. The molecule has 0 saturated heterocycles. The summed E-state index contributed by atoms with van der Waals surface area (Å²) in [6, 6.07) is 7.99. The van der Waals surface area contributed by atoms with Crippen LogP contribution < -0.4 is 10.2 Å². The molecule has 7 nitrogen and oxygen atoms in total. The maximum Gasteiger partial charge on any atom is 0.433 e. The third-order valence-electron chi connectivity index (χ3n) is 5.75. The van der Waals surface area contributed by atoms with Crippen molar-refractivity contribution in [1.82, 2.24) is 14.8 Å². The fourth-order valence-electron chi connectivity index (χ4n) is 4.14. The van der Waals surface area contributed by atoms with Crippen molar-refractivity contribution in [2.75, 3.05) is 16.8 Å². The van der Waals surface area contributed by atoms with E-state index in [9.17, 15) is 18.0 Å². The number of amides is 1. The average Bonchev–Trinajstić information content (AvgIpc) is 3.14. The van der Waals surface area contributed by atoms with E-state index in [4.69, 9.17) is 0 Å². The Morgan fingerprint density at radius 2 is 2.00 bits per heavy atom. The van der Waals surface area contributed by atoms with Crippen molar-refractivity contribution in [3.05, 3.63) is 70.3 Å². The number of aliphatic imine (C=N–C) groups is 1. The number of carbonyl (C=O) groups excluding carboxylic acids is 1. The summed E-state index contributed by atoms with van der Waals surface area (Å²) in [5.41, 5.74) is 3.76. The molecule has 0 aliphatic carbocycles. The van der Waals surface area contributed by atoms with Gasteiger partial charge in [0.25, 0.3) is 5.91 Å². The molecule has 2 aromatic heterocycles. The Labute approximate surface area is 181 Å². The predicted octanol–water partition coefficient (Wildman–Crippen LogP) is 3.89. The van der Waals surface area contributed by atoms with Gasteiger partial charge < -0.3 is 10.2 Å². The minimum atomic E-state index is -4.51. The van der Waals surface area contributed by atoms with Crippen molar-refractivity contribution in [3.63, 3.8) is 0 Å². The molecular weight excluding hydrogens is 421 g/mol. The Kier molecular flexibility index (Phi) is 4.54. The zero-order valence-electron chi connectivity index (χ0n) is 17.3. The Bertz CT molecular complexity index is 1260. The number of alkyl halides is 3. The lowest BCUT2D eigenvalue weighted by molar-refractivity contribution is -0.141. The molecule has 32 heavy (non-hydrogen) atoms. The zero-order valence-corrected chi connectivity index (χ0v) is 17.3. The van der Waals surface area contributed by atoms with Crippen LogP contribution >= 0.6 is 0 Å². The zero-order chi connectivity index (χ0) is 22.6. The third kappa shape index (κ3) is 3.31. The van der Waals surface area contributed by atoms with Crippen molar-refractivity contribution in [1.29, 1.82) is 0 Å². The molecule has 0 fully saturated rings. The summed E-state index contributed by atoms with van der Waals surface area (Å²) in [4.78, 5) is 22.7. The molecule has 1 aromatic carbocycles. The molecule has 1 atom stereocenters. The van der Waals surface area contributed by atoms with Crippen LogP contribution in [-0.4, -0.2) is 33.4 Å². The molecule has 1 unspecified atom stereocenters. The van der Waals surface area contributed by atoms with E-state index < -0.39 is 18.0 Å². The first kappa shape index (κ1) is 20.2. The van der Waals surface area contributed by atoms with E-state index in [0.29, 0.717) is 17.9 Å². The summed E-state index contributed by atoms with van der Waals surface area (Å²) < 4.78 is 40.3. The van der Waals surface area contributed by atoms with E-state index >= 15 is 0 Å². The molecule has 0 bridgehead atoms. The molecule has 0 radical (unpaired) electrons. The second kappa shape index (κ2) is 7.18. The number of rotatable bonds is 2. The maximum absolute atomic E-state index is 13.0. The number of aryl methyl sites for hydroxylation is 2.